The van der Waals surface area contributed by atoms with Crippen LogP contribution < -0.4 is 10.6 Å². The van der Waals surface area contributed by atoms with Crippen LogP contribution in [-0.2, 0) is 37.9 Å². The Kier molecular flexibility index (Phi) is 22.4. The first-order chi connectivity index (χ1) is 26.0. The van der Waals surface area contributed by atoms with Crippen LogP contribution in [0.2, 0.25) is 0 Å². The number of hydrogen-bond acceptors (Lipinski definition) is 13. The molecular formula is C38H52N4O10S. The summed E-state index contributed by atoms with van der Waals surface area (Å²) in [6, 6.07) is 18.1. The number of pyridine rings is 1. The summed E-state index contributed by atoms with van der Waals surface area (Å²) in [6.07, 6.45) is 4.31. The summed E-state index contributed by atoms with van der Waals surface area (Å²) in [5, 5.41) is 14.1. The van der Waals surface area contributed by atoms with E-state index in [0.29, 0.717) is 102 Å². The molecule has 2 amide bonds. The fourth-order valence-electron chi connectivity index (χ4n) is 4.35. The molecule has 3 rings (SSSR count). The first-order valence-electron chi connectivity index (χ1n) is 17.2. The van der Waals surface area contributed by atoms with Gasteiger partial charge in [-0.15, -0.1) is 0 Å². The van der Waals surface area contributed by atoms with Gasteiger partial charge in [0.05, 0.1) is 109 Å². The Bertz CT molecular complexity index is 1540. The van der Waals surface area contributed by atoms with Gasteiger partial charge in [-0.3, -0.25) is 15.1 Å². The number of amides is 2. The van der Waals surface area contributed by atoms with Crippen LogP contribution in [0.3, 0.4) is 0 Å². The van der Waals surface area contributed by atoms with Gasteiger partial charge in [0.15, 0.2) is 0 Å². The lowest BCUT2D eigenvalue weighted by molar-refractivity contribution is -0.0204. The van der Waals surface area contributed by atoms with E-state index in [1.54, 1.807) is 56.8 Å². The van der Waals surface area contributed by atoms with E-state index in [9.17, 15) is 9.59 Å². The Morgan fingerprint density at radius 3 is 1.87 bits per heavy atom. The summed E-state index contributed by atoms with van der Waals surface area (Å²) in [5.41, 5.74) is 2.23. The van der Waals surface area contributed by atoms with Crippen molar-refractivity contribution in [2.24, 2.45) is 0 Å². The highest BCUT2D eigenvalue weighted by molar-refractivity contribution is 7.99. The molecule has 2 aromatic carbocycles. The summed E-state index contributed by atoms with van der Waals surface area (Å²) in [7, 11) is 3.21. The number of anilines is 1. The predicted octanol–water partition coefficient (Wildman–Crippen LogP) is 5.21. The molecule has 53 heavy (non-hydrogen) atoms. The summed E-state index contributed by atoms with van der Waals surface area (Å²) >= 11 is 1.37. The molecule has 0 aliphatic carbocycles. The number of hydrogen-bond donors (Lipinski definition) is 3. The zero-order valence-corrected chi connectivity index (χ0v) is 31.2. The number of nitrogens with one attached hydrogen (secondary N) is 3. The zero-order valence-electron chi connectivity index (χ0n) is 30.3. The third-order valence-corrected chi connectivity index (χ3v) is 8.03. The van der Waals surface area contributed by atoms with Crippen molar-refractivity contribution in [3.8, 4) is 0 Å². The van der Waals surface area contributed by atoms with E-state index < -0.39 is 6.09 Å². The van der Waals surface area contributed by atoms with Gasteiger partial charge in [-0.2, -0.15) is 0 Å². The van der Waals surface area contributed by atoms with Crippen molar-refractivity contribution >= 4 is 41.2 Å². The van der Waals surface area contributed by atoms with Gasteiger partial charge in [-0.1, -0.05) is 30.0 Å². The number of carbonyl (C=O) groups is 2. The molecule has 0 radical (unpaired) electrons. The van der Waals surface area contributed by atoms with Gasteiger partial charge in [0.2, 0.25) is 0 Å². The van der Waals surface area contributed by atoms with Gasteiger partial charge in [0.1, 0.15) is 6.61 Å². The molecule has 14 nitrogen and oxygen atoms in total. The van der Waals surface area contributed by atoms with Gasteiger partial charge < -0.3 is 48.6 Å². The first-order valence-corrected chi connectivity index (χ1v) is 18.0. The highest BCUT2D eigenvalue weighted by atomic mass is 32.2. The summed E-state index contributed by atoms with van der Waals surface area (Å²) in [4.78, 5) is 31.0. The standard InChI is InChI=1S/C38H50N4O10S.H2/c1-40-37(43)33-8-3-4-9-36(33)53-31-11-12-32(34(39)13-10-30-7-5-6-14-41-30)35(29-31)42-38(44)52-28-27-51-26-25-50-24-23-49-22-21-48-20-19-47-18-17-46-16-15-45-2;/h3-14,29,39H,15-28H2,1-2H3,(H,40,43)(H,42,44);1H/b13-10+,39-34?;. The molecule has 0 atom stereocenters. The van der Waals surface area contributed by atoms with Crippen LogP contribution in [0.15, 0.2) is 82.7 Å². The SMILES string of the molecule is CNC(=O)c1ccccc1Sc1ccc(C(=N)/C=C/c2ccccn2)c(NC(=O)OCCOCCOCCOCCOCCOCCOCCOC)c1.[HH]. The molecule has 1 aromatic heterocycles. The summed E-state index contributed by atoms with van der Waals surface area (Å²) in [5.74, 6) is -0.206. The minimum absolute atomic E-state index is 0. The molecule has 15 heteroatoms. The number of nitrogens with zero attached hydrogens (tertiary/aromatic N) is 1. The van der Waals surface area contributed by atoms with E-state index in [1.165, 1.54) is 11.8 Å². The average molecular weight is 757 g/mol. The van der Waals surface area contributed by atoms with Crippen molar-refractivity contribution in [1.29, 1.82) is 5.41 Å². The summed E-state index contributed by atoms with van der Waals surface area (Å²) in [6.45, 7) is 5.81. The third-order valence-electron chi connectivity index (χ3n) is 6.97. The Balaban J connectivity index is 0.0000101. The number of ether oxygens (including phenoxy) is 8. The smallest absolute Gasteiger partial charge is 0.411 e. The van der Waals surface area contributed by atoms with Gasteiger partial charge in [-0.25, -0.2) is 4.79 Å². The molecule has 3 N–H and O–H groups in total. The maximum absolute atomic E-state index is 12.8. The molecule has 0 saturated carbocycles. The van der Waals surface area contributed by atoms with Crippen molar-refractivity contribution in [3.63, 3.8) is 0 Å². The molecule has 0 unspecified atom stereocenters. The zero-order chi connectivity index (χ0) is 37.8. The van der Waals surface area contributed by atoms with Crippen molar-refractivity contribution in [2.75, 3.05) is 112 Å². The second-order valence-corrected chi connectivity index (χ2v) is 11.9. The largest absolute Gasteiger partial charge is 0.447 e. The molecule has 0 bridgehead atoms. The minimum atomic E-state index is -0.697. The van der Waals surface area contributed by atoms with Crippen molar-refractivity contribution in [1.82, 2.24) is 10.3 Å². The third kappa shape index (κ3) is 18.4. The lowest BCUT2D eigenvalue weighted by atomic mass is 10.1. The molecule has 0 saturated heterocycles. The second-order valence-electron chi connectivity index (χ2n) is 10.8. The lowest BCUT2D eigenvalue weighted by Crippen LogP contribution is -2.19. The Morgan fingerprint density at radius 2 is 1.30 bits per heavy atom. The molecule has 0 aliphatic rings. The van der Waals surface area contributed by atoms with E-state index in [2.05, 4.69) is 15.6 Å². The van der Waals surface area contributed by atoms with Crippen LogP contribution in [0.25, 0.3) is 6.08 Å². The molecule has 0 aliphatic heterocycles. The number of carbonyl (C=O) groups excluding carboxylic acids is 2. The monoisotopic (exact) mass is 756 g/mol. The van der Waals surface area contributed by atoms with Crippen LogP contribution in [0.5, 0.6) is 0 Å². The second kappa shape index (κ2) is 27.4. The van der Waals surface area contributed by atoms with E-state index in [4.69, 9.17) is 43.3 Å². The van der Waals surface area contributed by atoms with Gasteiger partial charge in [-0.05, 0) is 54.6 Å². The van der Waals surface area contributed by atoms with E-state index >= 15 is 0 Å². The lowest BCUT2D eigenvalue weighted by Gasteiger charge is -2.14. The summed E-state index contributed by atoms with van der Waals surface area (Å²) < 4.78 is 42.9. The van der Waals surface area contributed by atoms with Crippen LogP contribution in [0, 0.1) is 5.41 Å². The fourth-order valence-corrected chi connectivity index (χ4v) is 5.33. The Labute approximate surface area is 316 Å². The Morgan fingerprint density at radius 1 is 0.736 bits per heavy atom. The molecule has 290 valence electrons. The number of benzene rings is 2. The van der Waals surface area contributed by atoms with Gasteiger partial charge in [0, 0.05) is 37.1 Å². The van der Waals surface area contributed by atoms with Crippen molar-refractivity contribution in [3.05, 3.63) is 89.8 Å². The maximum Gasteiger partial charge on any atom is 0.411 e. The first kappa shape index (κ1) is 43.2. The van der Waals surface area contributed by atoms with Gasteiger partial charge >= 0.3 is 6.09 Å². The number of allylic oxidation sites excluding steroid dienone is 1. The van der Waals surface area contributed by atoms with Crippen LogP contribution >= 0.6 is 11.8 Å². The van der Waals surface area contributed by atoms with Crippen LogP contribution in [-0.4, -0.2) is 129 Å². The van der Waals surface area contributed by atoms with Crippen molar-refractivity contribution < 1.29 is 48.9 Å². The van der Waals surface area contributed by atoms with Crippen LogP contribution in [0.4, 0.5) is 10.5 Å². The minimum Gasteiger partial charge on any atom is -0.447 e. The average Bonchev–Trinajstić information content (AvgIpc) is 3.18. The van der Waals surface area contributed by atoms with E-state index in [0.717, 1.165) is 9.79 Å². The molecule has 0 spiro atoms. The predicted molar refractivity (Wildman–Crippen MR) is 204 cm³/mol. The highest BCUT2D eigenvalue weighted by Crippen LogP contribution is 2.33. The van der Waals surface area contributed by atoms with Gasteiger partial charge in [0.25, 0.3) is 5.91 Å². The highest BCUT2D eigenvalue weighted by Gasteiger charge is 2.15. The fraction of sp³-hybridized carbons (Fsp3) is 0.421. The molecular weight excluding hydrogens is 705 g/mol. The van der Waals surface area contributed by atoms with E-state index in [1.807, 2.05) is 36.4 Å². The Hall–Kier alpha value is -4.19. The number of aromatic nitrogens is 1. The van der Waals surface area contributed by atoms with E-state index in [-0.39, 0.29) is 26.3 Å². The maximum atomic E-state index is 12.8. The molecule has 1 heterocycles. The number of methoxy groups -OCH3 is 1. The number of rotatable bonds is 28. The normalized spacial score (nSPS) is 11.1. The quantitative estimate of drug-likeness (QED) is 0.0654. The topological polar surface area (TPSA) is 169 Å². The molecule has 3 aromatic rings. The molecule has 0 fully saturated rings. The van der Waals surface area contributed by atoms with Crippen LogP contribution in [0.1, 0.15) is 23.0 Å². The van der Waals surface area contributed by atoms with Crippen molar-refractivity contribution in [2.45, 2.75) is 9.79 Å².